The first-order valence-corrected chi connectivity index (χ1v) is 4.82. The third-order valence-corrected chi connectivity index (χ3v) is 2.13. The molecule has 92 valence electrons. The minimum atomic E-state index is -1.12. The first-order chi connectivity index (χ1) is 7.95. The Morgan fingerprint density at radius 2 is 2.29 bits per heavy atom. The van der Waals surface area contributed by atoms with Gasteiger partial charge < -0.3 is 15.6 Å². The second kappa shape index (κ2) is 5.26. The molecule has 0 saturated heterocycles. The molecule has 1 rings (SSSR count). The molecular formula is C10H12N2O5. The zero-order valence-electron chi connectivity index (χ0n) is 9.12. The molecule has 0 bridgehead atoms. The molecule has 3 N–H and O–H groups in total. The number of carbonyl (C=O) groups is 1. The number of aliphatic carboxylic acids is 1. The van der Waals surface area contributed by atoms with Gasteiger partial charge in [-0.3, -0.25) is 10.1 Å². The normalized spacial score (nSPS) is 11.9. The molecule has 0 amide bonds. The fourth-order valence-electron chi connectivity index (χ4n) is 1.19. The van der Waals surface area contributed by atoms with Crippen molar-refractivity contribution in [3.05, 3.63) is 33.9 Å². The summed E-state index contributed by atoms with van der Waals surface area (Å²) in [5.74, 6) is -0.876. The third kappa shape index (κ3) is 3.15. The molecule has 0 aliphatic heterocycles. The van der Waals surface area contributed by atoms with Crippen LogP contribution in [0, 0.1) is 10.1 Å². The van der Waals surface area contributed by atoms with Gasteiger partial charge in [0, 0.05) is 24.2 Å². The van der Waals surface area contributed by atoms with Crippen molar-refractivity contribution in [3.8, 4) is 5.75 Å². The quantitative estimate of drug-likeness (QED) is 0.583. The first-order valence-electron chi connectivity index (χ1n) is 4.82. The molecule has 0 saturated carbocycles. The van der Waals surface area contributed by atoms with Gasteiger partial charge in [-0.05, 0) is 13.0 Å². The van der Waals surface area contributed by atoms with Crippen LogP contribution in [0.1, 0.15) is 12.5 Å². The van der Waals surface area contributed by atoms with Gasteiger partial charge in [-0.1, -0.05) is 0 Å². The Hall–Kier alpha value is -2.15. The molecule has 0 aromatic heterocycles. The van der Waals surface area contributed by atoms with Gasteiger partial charge in [-0.15, -0.1) is 0 Å². The molecule has 1 unspecified atom stereocenters. The lowest BCUT2D eigenvalue weighted by molar-refractivity contribution is -0.384. The van der Waals surface area contributed by atoms with Crippen molar-refractivity contribution < 1.29 is 19.6 Å². The minimum absolute atomic E-state index is 0.0311. The van der Waals surface area contributed by atoms with E-state index in [1.807, 2.05) is 0 Å². The molecule has 0 radical (unpaired) electrons. The zero-order chi connectivity index (χ0) is 13.0. The number of rotatable bonds is 5. The number of carboxylic acids is 1. The van der Waals surface area contributed by atoms with Crippen LogP contribution >= 0.6 is 0 Å². The van der Waals surface area contributed by atoms with Crippen molar-refractivity contribution in [2.75, 3.05) is 0 Å². The van der Waals surface area contributed by atoms with Gasteiger partial charge in [0.2, 0.25) is 0 Å². The molecule has 1 aromatic carbocycles. The van der Waals surface area contributed by atoms with Gasteiger partial charge in [-0.25, -0.2) is 4.79 Å². The molecule has 17 heavy (non-hydrogen) atoms. The second-order valence-electron chi connectivity index (χ2n) is 3.35. The van der Waals surface area contributed by atoms with E-state index in [-0.39, 0.29) is 18.0 Å². The Balaban J connectivity index is 3.00. The Kier molecular flexibility index (Phi) is 4.00. The van der Waals surface area contributed by atoms with Crippen LogP contribution in [0.2, 0.25) is 0 Å². The summed E-state index contributed by atoms with van der Waals surface area (Å²) in [5.41, 5.74) is 5.71. The zero-order valence-corrected chi connectivity index (χ0v) is 9.12. The maximum Gasteiger partial charge on any atom is 0.344 e. The molecule has 0 heterocycles. The van der Waals surface area contributed by atoms with Gasteiger partial charge in [0.25, 0.3) is 5.69 Å². The Morgan fingerprint density at radius 1 is 1.65 bits per heavy atom. The van der Waals surface area contributed by atoms with Crippen molar-refractivity contribution in [2.24, 2.45) is 5.73 Å². The number of ether oxygens (including phenoxy) is 1. The van der Waals surface area contributed by atoms with Crippen molar-refractivity contribution in [2.45, 2.75) is 19.6 Å². The van der Waals surface area contributed by atoms with Crippen LogP contribution in [0.15, 0.2) is 18.2 Å². The maximum atomic E-state index is 10.6. The van der Waals surface area contributed by atoms with Gasteiger partial charge in [0.1, 0.15) is 5.75 Å². The summed E-state index contributed by atoms with van der Waals surface area (Å²) in [7, 11) is 0. The molecule has 0 fully saturated rings. The number of nitro groups is 1. The predicted octanol–water partition coefficient (Wildman–Crippen LogP) is 0.905. The minimum Gasteiger partial charge on any atom is -0.479 e. The highest BCUT2D eigenvalue weighted by atomic mass is 16.6. The lowest BCUT2D eigenvalue weighted by Gasteiger charge is -2.13. The van der Waals surface area contributed by atoms with Crippen LogP contribution in [-0.2, 0) is 11.3 Å². The van der Waals surface area contributed by atoms with E-state index in [2.05, 4.69) is 0 Å². The first kappa shape index (κ1) is 12.9. The number of carboxylic acid groups (broad SMARTS) is 1. The standard InChI is InChI=1S/C10H12N2O5/c1-6(10(13)14)17-9-3-2-8(12(15)16)4-7(9)5-11/h2-4,6H,5,11H2,1H3,(H,13,14). The summed E-state index contributed by atoms with van der Waals surface area (Å²) in [6.45, 7) is 1.40. The van der Waals surface area contributed by atoms with Crippen LogP contribution in [0.25, 0.3) is 0 Å². The lowest BCUT2D eigenvalue weighted by Crippen LogP contribution is -2.23. The highest BCUT2D eigenvalue weighted by Crippen LogP contribution is 2.24. The van der Waals surface area contributed by atoms with Crippen LogP contribution in [0.3, 0.4) is 0 Å². The molecule has 1 atom stereocenters. The monoisotopic (exact) mass is 240 g/mol. The Bertz CT molecular complexity index is 446. The lowest BCUT2D eigenvalue weighted by atomic mass is 10.2. The summed E-state index contributed by atoms with van der Waals surface area (Å²) >= 11 is 0. The number of hydrogen-bond acceptors (Lipinski definition) is 5. The molecule has 7 heteroatoms. The number of nitrogens with two attached hydrogens (primary N) is 1. The molecule has 0 spiro atoms. The number of nitro benzene ring substituents is 1. The summed E-state index contributed by atoms with van der Waals surface area (Å²) in [5, 5.41) is 19.2. The fourth-order valence-corrected chi connectivity index (χ4v) is 1.19. The average molecular weight is 240 g/mol. The largest absolute Gasteiger partial charge is 0.479 e. The molecule has 0 aliphatic rings. The van der Waals surface area contributed by atoms with Gasteiger partial charge in [0.15, 0.2) is 6.10 Å². The van der Waals surface area contributed by atoms with E-state index in [4.69, 9.17) is 15.6 Å². The van der Waals surface area contributed by atoms with E-state index in [1.165, 1.54) is 25.1 Å². The third-order valence-electron chi connectivity index (χ3n) is 2.13. The fraction of sp³-hybridized carbons (Fsp3) is 0.300. The molecule has 1 aromatic rings. The van der Waals surface area contributed by atoms with Crippen molar-refractivity contribution >= 4 is 11.7 Å². The Labute approximate surface area is 97.0 Å². The number of benzene rings is 1. The van der Waals surface area contributed by atoms with E-state index in [1.54, 1.807) is 0 Å². The van der Waals surface area contributed by atoms with Crippen LogP contribution in [0.4, 0.5) is 5.69 Å². The molecule has 7 nitrogen and oxygen atoms in total. The van der Waals surface area contributed by atoms with Gasteiger partial charge >= 0.3 is 5.97 Å². The van der Waals surface area contributed by atoms with E-state index < -0.39 is 17.0 Å². The predicted molar refractivity (Wildman–Crippen MR) is 58.7 cm³/mol. The molecule has 0 aliphatic carbocycles. The maximum absolute atomic E-state index is 10.6. The summed E-state index contributed by atoms with van der Waals surface area (Å²) in [6, 6.07) is 3.85. The summed E-state index contributed by atoms with van der Waals surface area (Å²) in [6.07, 6.45) is -1.04. The van der Waals surface area contributed by atoms with Crippen molar-refractivity contribution in [1.29, 1.82) is 0 Å². The Morgan fingerprint density at radius 3 is 2.76 bits per heavy atom. The van der Waals surface area contributed by atoms with Crippen molar-refractivity contribution in [1.82, 2.24) is 0 Å². The van der Waals surface area contributed by atoms with Crippen LogP contribution in [-0.4, -0.2) is 22.1 Å². The number of hydrogen-bond donors (Lipinski definition) is 2. The summed E-state index contributed by atoms with van der Waals surface area (Å²) in [4.78, 5) is 20.6. The van der Waals surface area contributed by atoms with E-state index in [0.29, 0.717) is 5.56 Å². The van der Waals surface area contributed by atoms with Gasteiger partial charge in [0.05, 0.1) is 4.92 Å². The highest BCUT2D eigenvalue weighted by Gasteiger charge is 2.16. The van der Waals surface area contributed by atoms with Crippen molar-refractivity contribution in [3.63, 3.8) is 0 Å². The number of non-ortho nitro benzene ring substituents is 1. The van der Waals surface area contributed by atoms with E-state index >= 15 is 0 Å². The average Bonchev–Trinajstić information content (AvgIpc) is 2.28. The van der Waals surface area contributed by atoms with E-state index in [0.717, 1.165) is 0 Å². The SMILES string of the molecule is CC(Oc1ccc([N+](=O)[O-])cc1CN)C(=O)O. The van der Waals surface area contributed by atoms with Gasteiger partial charge in [-0.2, -0.15) is 0 Å². The topological polar surface area (TPSA) is 116 Å². The second-order valence-corrected chi connectivity index (χ2v) is 3.35. The number of nitrogens with zero attached hydrogens (tertiary/aromatic N) is 1. The van der Waals surface area contributed by atoms with E-state index in [9.17, 15) is 14.9 Å². The van der Waals surface area contributed by atoms with Crippen LogP contribution in [0.5, 0.6) is 5.75 Å². The smallest absolute Gasteiger partial charge is 0.344 e. The highest BCUT2D eigenvalue weighted by molar-refractivity contribution is 5.72. The van der Waals surface area contributed by atoms with Crippen LogP contribution < -0.4 is 10.5 Å². The molecular weight excluding hydrogens is 228 g/mol. The summed E-state index contributed by atoms with van der Waals surface area (Å²) < 4.78 is 5.13.